The van der Waals surface area contributed by atoms with Crippen LogP contribution in [0.2, 0.25) is 0 Å². The number of rotatable bonds is 4. The number of piperazine rings is 1. The van der Waals surface area contributed by atoms with E-state index in [1.54, 1.807) is 0 Å². The van der Waals surface area contributed by atoms with Gasteiger partial charge in [0.15, 0.2) is 0 Å². The lowest BCUT2D eigenvalue weighted by Gasteiger charge is -2.44. The van der Waals surface area contributed by atoms with Crippen LogP contribution in [0.15, 0.2) is 60.7 Å². The molecule has 0 aliphatic carbocycles. The Hall–Kier alpha value is -1.68. The highest BCUT2D eigenvalue weighted by atomic mass is 16.3. The van der Waals surface area contributed by atoms with Crippen molar-refractivity contribution >= 4 is 0 Å². The third-order valence-corrected chi connectivity index (χ3v) is 5.12. The molecule has 3 nitrogen and oxygen atoms in total. The fraction of sp³-hybridized carbons (Fsp3) is 0.400. The normalized spacial score (nSPS) is 18.7. The van der Waals surface area contributed by atoms with Gasteiger partial charge in [-0.25, -0.2) is 0 Å². The van der Waals surface area contributed by atoms with E-state index in [1.807, 2.05) is 60.7 Å². The molecular formula is C20H26N2O. The van der Waals surface area contributed by atoms with Gasteiger partial charge in [-0.05, 0) is 25.1 Å². The molecule has 1 saturated heterocycles. The first-order valence-corrected chi connectivity index (χ1v) is 8.38. The van der Waals surface area contributed by atoms with Gasteiger partial charge in [0.1, 0.15) is 5.60 Å². The van der Waals surface area contributed by atoms with Crippen LogP contribution in [0.3, 0.4) is 0 Å². The molecule has 1 fully saturated rings. The third kappa shape index (κ3) is 3.18. The molecular weight excluding hydrogens is 284 g/mol. The van der Waals surface area contributed by atoms with Gasteiger partial charge < -0.3 is 10.0 Å². The zero-order chi connectivity index (χ0) is 16.3. The summed E-state index contributed by atoms with van der Waals surface area (Å²) in [6, 6.07) is 20.1. The van der Waals surface area contributed by atoms with Crippen molar-refractivity contribution in [2.75, 3.05) is 33.2 Å². The minimum Gasteiger partial charge on any atom is -0.379 e. The Morgan fingerprint density at radius 2 is 1.26 bits per heavy atom. The fourth-order valence-corrected chi connectivity index (χ4v) is 3.51. The average molecular weight is 310 g/mol. The van der Waals surface area contributed by atoms with E-state index >= 15 is 0 Å². The van der Waals surface area contributed by atoms with Crippen molar-refractivity contribution in [2.45, 2.75) is 18.6 Å². The number of hydrogen-bond acceptors (Lipinski definition) is 3. The van der Waals surface area contributed by atoms with E-state index in [4.69, 9.17) is 0 Å². The molecule has 3 rings (SSSR count). The molecule has 0 saturated carbocycles. The van der Waals surface area contributed by atoms with Crippen molar-refractivity contribution in [2.24, 2.45) is 0 Å². The number of nitrogens with zero attached hydrogens (tertiary/aromatic N) is 2. The number of benzene rings is 2. The van der Waals surface area contributed by atoms with Crippen LogP contribution in [0.4, 0.5) is 0 Å². The monoisotopic (exact) mass is 310 g/mol. The van der Waals surface area contributed by atoms with Crippen LogP contribution in [-0.2, 0) is 5.60 Å². The number of hydrogen-bond donors (Lipinski definition) is 1. The highest BCUT2D eigenvalue weighted by Gasteiger charge is 2.41. The van der Waals surface area contributed by atoms with Crippen molar-refractivity contribution in [1.29, 1.82) is 0 Å². The van der Waals surface area contributed by atoms with E-state index in [2.05, 4.69) is 23.8 Å². The molecule has 2 aromatic rings. The molecule has 0 amide bonds. The van der Waals surface area contributed by atoms with E-state index in [0.29, 0.717) is 0 Å². The first-order chi connectivity index (χ1) is 11.1. The Labute approximate surface area is 139 Å². The van der Waals surface area contributed by atoms with E-state index in [9.17, 15) is 5.11 Å². The Morgan fingerprint density at radius 3 is 1.70 bits per heavy atom. The lowest BCUT2D eigenvalue weighted by Crippen LogP contribution is -2.55. The SMILES string of the molecule is CC(N1CCN(C)CC1)C(O)(c1ccccc1)c1ccccc1. The van der Waals surface area contributed by atoms with Crippen LogP contribution in [0.5, 0.6) is 0 Å². The molecule has 3 heteroatoms. The molecule has 0 aromatic heterocycles. The fourth-order valence-electron chi connectivity index (χ4n) is 3.51. The summed E-state index contributed by atoms with van der Waals surface area (Å²) < 4.78 is 0. The maximum atomic E-state index is 11.8. The van der Waals surface area contributed by atoms with Crippen molar-refractivity contribution in [1.82, 2.24) is 9.80 Å². The van der Waals surface area contributed by atoms with Gasteiger partial charge in [-0.1, -0.05) is 60.7 Å². The Kier molecular flexibility index (Phi) is 4.81. The molecule has 0 bridgehead atoms. The van der Waals surface area contributed by atoms with Crippen LogP contribution < -0.4 is 0 Å². The largest absolute Gasteiger partial charge is 0.379 e. The van der Waals surface area contributed by atoms with E-state index in [-0.39, 0.29) is 6.04 Å². The van der Waals surface area contributed by atoms with Gasteiger partial charge in [-0.2, -0.15) is 0 Å². The highest BCUT2D eigenvalue weighted by Crippen LogP contribution is 2.35. The molecule has 2 aromatic carbocycles. The van der Waals surface area contributed by atoms with Crippen LogP contribution in [0.1, 0.15) is 18.1 Å². The van der Waals surface area contributed by atoms with Crippen molar-refractivity contribution < 1.29 is 5.11 Å². The lowest BCUT2D eigenvalue weighted by molar-refractivity contribution is -0.0272. The van der Waals surface area contributed by atoms with Crippen LogP contribution in [0, 0.1) is 0 Å². The van der Waals surface area contributed by atoms with Crippen LogP contribution in [-0.4, -0.2) is 54.2 Å². The molecule has 1 N–H and O–H groups in total. The molecule has 1 aliphatic heterocycles. The topological polar surface area (TPSA) is 26.7 Å². The minimum atomic E-state index is -1.00. The molecule has 0 radical (unpaired) electrons. The second kappa shape index (κ2) is 6.83. The smallest absolute Gasteiger partial charge is 0.130 e. The Balaban J connectivity index is 1.99. The summed E-state index contributed by atoms with van der Waals surface area (Å²) in [5.41, 5.74) is 0.911. The summed E-state index contributed by atoms with van der Waals surface area (Å²) in [6.07, 6.45) is 0. The molecule has 1 unspecified atom stereocenters. The Bertz CT molecular complexity index is 567. The zero-order valence-corrected chi connectivity index (χ0v) is 14.0. The standard InChI is InChI=1S/C20H26N2O/c1-17(22-15-13-21(2)14-16-22)20(23,18-9-5-3-6-10-18)19-11-7-4-8-12-19/h3-12,17,23H,13-16H2,1-2H3. The molecule has 1 heterocycles. The predicted octanol–water partition coefficient (Wildman–Crippen LogP) is 2.56. The van der Waals surface area contributed by atoms with Crippen LogP contribution in [0.25, 0.3) is 0 Å². The van der Waals surface area contributed by atoms with Gasteiger partial charge >= 0.3 is 0 Å². The van der Waals surface area contributed by atoms with E-state index < -0.39 is 5.60 Å². The first kappa shape index (κ1) is 16.2. The Morgan fingerprint density at radius 1 is 0.826 bits per heavy atom. The van der Waals surface area contributed by atoms with Crippen molar-refractivity contribution in [3.63, 3.8) is 0 Å². The van der Waals surface area contributed by atoms with Crippen molar-refractivity contribution in [3.05, 3.63) is 71.8 Å². The van der Waals surface area contributed by atoms with Crippen LogP contribution >= 0.6 is 0 Å². The molecule has 23 heavy (non-hydrogen) atoms. The number of aliphatic hydroxyl groups is 1. The van der Waals surface area contributed by atoms with E-state index in [1.165, 1.54) is 0 Å². The molecule has 122 valence electrons. The molecule has 1 atom stereocenters. The average Bonchev–Trinajstić information content (AvgIpc) is 2.62. The maximum Gasteiger partial charge on any atom is 0.130 e. The van der Waals surface area contributed by atoms with Gasteiger partial charge in [0.25, 0.3) is 0 Å². The van der Waals surface area contributed by atoms with Crippen molar-refractivity contribution in [3.8, 4) is 0 Å². The van der Waals surface area contributed by atoms with Gasteiger partial charge in [0.05, 0.1) is 0 Å². The summed E-state index contributed by atoms with van der Waals surface area (Å²) in [7, 11) is 2.16. The highest BCUT2D eigenvalue weighted by molar-refractivity contribution is 5.38. The first-order valence-electron chi connectivity index (χ1n) is 8.38. The third-order valence-electron chi connectivity index (χ3n) is 5.12. The zero-order valence-electron chi connectivity index (χ0n) is 14.0. The van der Waals surface area contributed by atoms with E-state index in [0.717, 1.165) is 37.3 Å². The second-order valence-corrected chi connectivity index (χ2v) is 6.51. The molecule has 0 spiro atoms. The minimum absolute atomic E-state index is 0.0148. The van der Waals surface area contributed by atoms with Gasteiger partial charge in [0, 0.05) is 32.2 Å². The number of likely N-dealkylation sites (N-methyl/N-ethyl adjacent to an activating group) is 1. The summed E-state index contributed by atoms with van der Waals surface area (Å²) in [4.78, 5) is 4.74. The summed E-state index contributed by atoms with van der Waals surface area (Å²) >= 11 is 0. The molecule has 1 aliphatic rings. The van der Waals surface area contributed by atoms with Gasteiger partial charge in [-0.3, -0.25) is 4.90 Å². The second-order valence-electron chi connectivity index (χ2n) is 6.51. The van der Waals surface area contributed by atoms with Gasteiger partial charge in [0.2, 0.25) is 0 Å². The quantitative estimate of drug-likeness (QED) is 0.940. The van der Waals surface area contributed by atoms with Gasteiger partial charge in [-0.15, -0.1) is 0 Å². The summed E-state index contributed by atoms with van der Waals surface area (Å²) in [6.45, 7) is 6.21. The maximum absolute atomic E-state index is 11.8. The summed E-state index contributed by atoms with van der Waals surface area (Å²) in [5, 5.41) is 11.8. The summed E-state index contributed by atoms with van der Waals surface area (Å²) in [5.74, 6) is 0. The predicted molar refractivity (Wildman–Crippen MR) is 94.4 cm³/mol. The lowest BCUT2D eigenvalue weighted by atomic mass is 9.80.